The molecule has 74 valence electrons. The maximum Gasteiger partial charge on any atom is 0.129 e. The van der Waals surface area contributed by atoms with Crippen LogP contribution in [0.4, 0.5) is 0 Å². The van der Waals surface area contributed by atoms with Gasteiger partial charge in [-0.15, -0.1) is 12.2 Å². The van der Waals surface area contributed by atoms with E-state index >= 15 is 0 Å². The van der Waals surface area contributed by atoms with Crippen molar-refractivity contribution >= 4 is 28.1 Å². The van der Waals surface area contributed by atoms with Gasteiger partial charge in [0.15, 0.2) is 0 Å². The second kappa shape index (κ2) is 8.88. The smallest absolute Gasteiger partial charge is 0.129 e. The first-order chi connectivity index (χ1) is 6.22. The fourth-order valence-corrected chi connectivity index (χ4v) is 0.973. The summed E-state index contributed by atoms with van der Waals surface area (Å²) in [7, 11) is 7.39. The third-order valence-electron chi connectivity index (χ3n) is 1.33. The van der Waals surface area contributed by atoms with E-state index in [0.29, 0.717) is 13.2 Å². The molecule has 0 spiro atoms. The van der Waals surface area contributed by atoms with Gasteiger partial charge in [0, 0.05) is 13.1 Å². The lowest BCUT2D eigenvalue weighted by Crippen LogP contribution is -2.17. The molecular weight excluding hydrogens is 206 g/mol. The highest BCUT2D eigenvalue weighted by atomic mass is 32.7. The topological polar surface area (TPSA) is 27.7 Å². The third kappa shape index (κ3) is 7.38. The molecule has 0 saturated heterocycles. The summed E-state index contributed by atoms with van der Waals surface area (Å²) in [6.07, 6.45) is 1.56. The molecule has 0 N–H and O–H groups in total. The Morgan fingerprint density at radius 3 is 2.85 bits per heavy atom. The van der Waals surface area contributed by atoms with Crippen molar-refractivity contribution in [1.82, 2.24) is 0 Å². The van der Waals surface area contributed by atoms with Crippen LogP contribution in [-0.2, 0) is 14.0 Å². The average molecular weight is 220 g/mol. The van der Waals surface area contributed by atoms with Gasteiger partial charge in [-0.2, -0.15) is 0 Å². The highest BCUT2D eigenvalue weighted by molar-refractivity contribution is 8.36. The van der Waals surface area contributed by atoms with Gasteiger partial charge in [-0.05, 0) is 12.5 Å². The second-order valence-corrected chi connectivity index (χ2v) is 3.32. The summed E-state index contributed by atoms with van der Waals surface area (Å²) in [6.45, 7) is 2.85. The minimum absolute atomic E-state index is 0.128. The molecule has 2 atom stereocenters. The van der Waals surface area contributed by atoms with Crippen LogP contribution in [0.5, 0.6) is 0 Å². The fourth-order valence-electron chi connectivity index (χ4n) is 0.576. The summed E-state index contributed by atoms with van der Waals surface area (Å²) >= 11 is 3.91. The molecule has 0 heterocycles. The van der Waals surface area contributed by atoms with Crippen LogP contribution in [0.1, 0.15) is 6.92 Å². The van der Waals surface area contributed by atoms with E-state index in [4.69, 9.17) is 21.8 Å². The predicted octanol–water partition coefficient (Wildman–Crippen LogP) is 1.50. The number of ether oxygens (including phenoxy) is 2. The van der Waals surface area contributed by atoms with Gasteiger partial charge >= 0.3 is 0 Å². The molecule has 13 heavy (non-hydrogen) atoms. The molecular formula is C7H14BO3PS. The molecule has 0 bridgehead atoms. The van der Waals surface area contributed by atoms with E-state index < -0.39 is 6.00 Å². The Morgan fingerprint density at radius 1 is 1.62 bits per heavy atom. The second-order valence-electron chi connectivity index (χ2n) is 2.36. The SMILES string of the molecule is [B][C@H](OCCOC)/C(C)=C/OPS. The van der Waals surface area contributed by atoms with E-state index in [9.17, 15) is 0 Å². The van der Waals surface area contributed by atoms with Gasteiger partial charge in [0.1, 0.15) is 15.9 Å². The summed E-state index contributed by atoms with van der Waals surface area (Å²) < 4.78 is 15.0. The van der Waals surface area contributed by atoms with Crippen molar-refractivity contribution in [3.05, 3.63) is 11.8 Å². The lowest BCUT2D eigenvalue weighted by molar-refractivity contribution is 0.0659. The number of hydrogen-bond acceptors (Lipinski definition) is 4. The molecule has 2 radical (unpaired) electrons. The Kier molecular flexibility index (Phi) is 9.09. The molecule has 0 aromatic heterocycles. The van der Waals surface area contributed by atoms with E-state index in [1.165, 1.54) is 0 Å². The number of thiol groups is 1. The monoisotopic (exact) mass is 220 g/mol. The summed E-state index contributed by atoms with van der Waals surface area (Å²) in [4.78, 5) is 0. The van der Waals surface area contributed by atoms with E-state index in [-0.39, 0.29) is 8.01 Å². The first kappa shape index (κ1) is 13.3. The molecule has 0 rings (SSSR count). The molecule has 0 aromatic carbocycles. The van der Waals surface area contributed by atoms with Gasteiger partial charge in [-0.1, -0.05) is 0 Å². The third-order valence-corrected chi connectivity index (χ3v) is 1.87. The lowest BCUT2D eigenvalue weighted by atomic mass is 9.94. The zero-order valence-electron chi connectivity index (χ0n) is 7.82. The predicted molar refractivity (Wildman–Crippen MR) is 59.5 cm³/mol. The lowest BCUT2D eigenvalue weighted by Gasteiger charge is -2.13. The molecule has 0 aliphatic carbocycles. The number of rotatable bonds is 7. The molecule has 3 nitrogen and oxygen atoms in total. The van der Waals surface area contributed by atoms with Crippen LogP contribution in [0.3, 0.4) is 0 Å². The summed E-state index contributed by atoms with van der Waals surface area (Å²) in [5.41, 5.74) is 0.831. The minimum Gasteiger partial charge on any atom is -0.474 e. The van der Waals surface area contributed by atoms with Crippen molar-refractivity contribution in [3.8, 4) is 0 Å². The van der Waals surface area contributed by atoms with E-state index in [1.807, 2.05) is 6.92 Å². The van der Waals surface area contributed by atoms with Crippen LogP contribution in [0.2, 0.25) is 0 Å². The normalized spacial score (nSPS) is 15.2. The Hall–Kier alpha value is 0.305. The number of methoxy groups -OCH3 is 1. The molecule has 0 amide bonds. The van der Waals surface area contributed by atoms with E-state index in [0.717, 1.165) is 5.57 Å². The summed E-state index contributed by atoms with van der Waals surface area (Å²) in [5.74, 6) is 0. The number of hydrogen-bond donors (Lipinski definition) is 1. The summed E-state index contributed by atoms with van der Waals surface area (Å²) in [6, 6.07) is -0.431. The fraction of sp³-hybridized carbons (Fsp3) is 0.714. The van der Waals surface area contributed by atoms with Gasteiger partial charge in [-0.3, -0.25) is 0 Å². The molecule has 0 aliphatic heterocycles. The van der Waals surface area contributed by atoms with Crippen LogP contribution < -0.4 is 0 Å². The van der Waals surface area contributed by atoms with Crippen molar-refractivity contribution in [3.63, 3.8) is 0 Å². The summed E-state index contributed by atoms with van der Waals surface area (Å²) in [5, 5.41) is 0. The standard InChI is InChI=1S/C7H14BO3PS/c1-6(5-11-12-13)7(8)10-4-3-9-2/h5,7,12-13H,3-4H2,1-2H3/b6-5+/t7-/m1/s1. The van der Waals surface area contributed by atoms with Gasteiger partial charge in [0.05, 0.1) is 19.5 Å². The van der Waals surface area contributed by atoms with E-state index in [1.54, 1.807) is 13.4 Å². The molecule has 1 unspecified atom stereocenters. The molecule has 0 fully saturated rings. The Balaban J connectivity index is 3.61. The first-order valence-corrected chi connectivity index (χ1v) is 5.99. The van der Waals surface area contributed by atoms with Crippen molar-refractivity contribution in [2.75, 3.05) is 20.3 Å². The molecule has 6 heteroatoms. The quantitative estimate of drug-likeness (QED) is 0.231. The Bertz CT molecular complexity index is 157. The van der Waals surface area contributed by atoms with Crippen LogP contribution in [0.25, 0.3) is 0 Å². The zero-order chi connectivity index (χ0) is 10.1. The minimum atomic E-state index is -0.431. The van der Waals surface area contributed by atoms with Gasteiger partial charge < -0.3 is 14.0 Å². The van der Waals surface area contributed by atoms with Gasteiger partial charge in [0.25, 0.3) is 0 Å². The van der Waals surface area contributed by atoms with Gasteiger partial charge in [-0.25, -0.2) is 0 Å². The van der Waals surface area contributed by atoms with Gasteiger partial charge in [0.2, 0.25) is 0 Å². The maximum atomic E-state index is 5.65. The maximum absolute atomic E-state index is 5.65. The van der Waals surface area contributed by atoms with Crippen LogP contribution in [0.15, 0.2) is 11.8 Å². The van der Waals surface area contributed by atoms with E-state index in [2.05, 4.69) is 12.2 Å². The molecule has 0 aromatic rings. The van der Waals surface area contributed by atoms with Crippen molar-refractivity contribution < 1.29 is 14.0 Å². The van der Waals surface area contributed by atoms with Crippen LogP contribution in [-0.4, -0.2) is 34.2 Å². The largest absolute Gasteiger partial charge is 0.474 e. The zero-order valence-corrected chi connectivity index (χ0v) is 9.71. The molecule has 0 saturated carbocycles. The first-order valence-electron chi connectivity index (χ1n) is 3.80. The highest BCUT2D eigenvalue weighted by Gasteiger charge is 2.03. The molecule has 0 aliphatic rings. The van der Waals surface area contributed by atoms with Crippen molar-refractivity contribution in [1.29, 1.82) is 0 Å². The van der Waals surface area contributed by atoms with Crippen molar-refractivity contribution in [2.45, 2.75) is 12.9 Å². The highest BCUT2D eigenvalue weighted by Crippen LogP contribution is 2.18. The van der Waals surface area contributed by atoms with Crippen LogP contribution in [0, 0.1) is 0 Å². The Labute approximate surface area is 87.6 Å². The Morgan fingerprint density at radius 2 is 2.31 bits per heavy atom. The van der Waals surface area contributed by atoms with Crippen molar-refractivity contribution in [2.24, 2.45) is 0 Å². The van der Waals surface area contributed by atoms with Crippen LogP contribution >= 0.6 is 20.3 Å². The average Bonchev–Trinajstić information content (AvgIpc) is 2.14.